The van der Waals surface area contributed by atoms with Gasteiger partial charge in [-0.2, -0.15) is 4.98 Å². The molecule has 23 heavy (non-hydrogen) atoms. The van der Waals surface area contributed by atoms with Crippen molar-refractivity contribution < 1.29 is 14.1 Å². The van der Waals surface area contributed by atoms with Gasteiger partial charge in [-0.3, -0.25) is 14.5 Å². The summed E-state index contributed by atoms with van der Waals surface area (Å²) in [7, 11) is 0. The van der Waals surface area contributed by atoms with Crippen molar-refractivity contribution in [1.82, 2.24) is 25.7 Å². The molecule has 0 bridgehead atoms. The topological polar surface area (TPSA) is 100 Å². The smallest absolute Gasteiger partial charge is 0.242 e. The van der Waals surface area contributed by atoms with Crippen molar-refractivity contribution in [3.63, 3.8) is 0 Å². The molecule has 2 saturated heterocycles. The fourth-order valence-electron chi connectivity index (χ4n) is 3.26. The quantitative estimate of drug-likeness (QED) is 0.827. The second kappa shape index (κ2) is 7.08. The molecule has 2 N–H and O–H groups in total. The maximum absolute atomic E-state index is 12.3. The molecule has 1 aromatic rings. The summed E-state index contributed by atoms with van der Waals surface area (Å²) in [5.41, 5.74) is 0. The molecule has 0 unspecified atom stereocenters. The molecule has 2 aliphatic rings. The maximum Gasteiger partial charge on any atom is 0.242 e. The highest BCUT2D eigenvalue weighted by atomic mass is 16.5. The van der Waals surface area contributed by atoms with Gasteiger partial charge in [-0.1, -0.05) is 5.16 Å². The molecule has 2 aliphatic heterocycles. The van der Waals surface area contributed by atoms with E-state index in [4.69, 9.17) is 4.52 Å². The number of carbonyl (C=O) groups is 2. The van der Waals surface area contributed by atoms with E-state index in [2.05, 4.69) is 20.8 Å². The first-order valence-electron chi connectivity index (χ1n) is 8.25. The molecule has 2 fully saturated rings. The first-order chi connectivity index (χ1) is 11.1. The number of likely N-dealkylation sites (tertiary alicyclic amines) is 1. The van der Waals surface area contributed by atoms with Gasteiger partial charge in [0.15, 0.2) is 5.82 Å². The lowest BCUT2D eigenvalue weighted by molar-refractivity contribution is -0.129. The first-order valence-corrected chi connectivity index (χ1v) is 8.25. The van der Waals surface area contributed by atoms with Crippen molar-refractivity contribution in [2.75, 3.05) is 19.6 Å². The third-order valence-corrected chi connectivity index (χ3v) is 4.42. The van der Waals surface area contributed by atoms with E-state index in [0.717, 1.165) is 32.2 Å². The molecule has 2 amide bonds. The molecular formula is C15H23N5O3. The predicted molar refractivity (Wildman–Crippen MR) is 81.4 cm³/mol. The summed E-state index contributed by atoms with van der Waals surface area (Å²) < 4.78 is 5.04. The first kappa shape index (κ1) is 15.9. The number of nitrogens with zero attached hydrogens (tertiary/aromatic N) is 3. The third kappa shape index (κ3) is 3.87. The van der Waals surface area contributed by atoms with Crippen molar-refractivity contribution in [2.24, 2.45) is 0 Å². The van der Waals surface area contributed by atoms with E-state index in [9.17, 15) is 9.59 Å². The number of amides is 2. The molecule has 0 spiro atoms. The summed E-state index contributed by atoms with van der Waals surface area (Å²) in [6.07, 6.45) is 4.51. The van der Waals surface area contributed by atoms with Gasteiger partial charge in [-0.05, 0) is 38.6 Å². The number of carbonyl (C=O) groups excluding carboxylic acids is 2. The van der Waals surface area contributed by atoms with E-state index < -0.39 is 6.04 Å². The normalized spacial score (nSPS) is 25.9. The fraction of sp³-hybridized carbons (Fsp3) is 0.733. The van der Waals surface area contributed by atoms with Crippen LogP contribution in [0, 0.1) is 6.92 Å². The van der Waals surface area contributed by atoms with Crippen molar-refractivity contribution >= 4 is 11.8 Å². The van der Waals surface area contributed by atoms with Crippen LogP contribution in [0.15, 0.2) is 4.52 Å². The van der Waals surface area contributed by atoms with Crippen LogP contribution in [-0.4, -0.2) is 52.5 Å². The largest absolute Gasteiger partial charge is 0.354 e. The molecule has 3 heterocycles. The SMILES string of the molecule is Cc1nc([C@@H]2CCCN2CC(=O)N[C@@H]2CCCCNC2=O)no1. The van der Waals surface area contributed by atoms with Crippen LogP contribution < -0.4 is 10.6 Å². The van der Waals surface area contributed by atoms with Gasteiger partial charge >= 0.3 is 0 Å². The van der Waals surface area contributed by atoms with Crippen LogP contribution in [0.1, 0.15) is 49.9 Å². The van der Waals surface area contributed by atoms with Crippen LogP contribution in [0.4, 0.5) is 0 Å². The Hall–Kier alpha value is -1.96. The zero-order valence-corrected chi connectivity index (χ0v) is 13.4. The Morgan fingerprint density at radius 1 is 1.39 bits per heavy atom. The monoisotopic (exact) mass is 321 g/mol. The van der Waals surface area contributed by atoms with Crippen molar-refractivity contribution in [3.05, 3.63) is 11.7 Å². The Labute approximate surface area is 135 Å². The van der Waals surface area contributed by atoms with Crippen molar-refractivity contribution in [1.29, 1.82) is 0 Å². The Balaban J connectivity index is 1.57. The van der Waals surface area contributed by atoms with Gasteiger partial charge in [0.25, 0.3) is 0 Å². The Morgan fingerprint density at radius 3 is 3.04 bits per heavy atom. The van der Waals surface area contributed by atoms with Crippen LogP contribution in [-0.2, 0) is 9.59 Å². The van der Waals surface area contributed by atoms with Gasteiger partial charge in [-0.25, -0.2) is 0 Å². The molecule has 3 rings (SSSR count). The van der Waals surface area contributed by atoms with E-state index in [0.29, 0.717) is 24.7 Å². The number of hydrogen-bond donors (Lipinski definition) is 2. The standard InChI is InChI=1S/C15H23N5O3/c1-10-17-14(19-23-10)12-6-4-8-20(12)9-13(21)18-11-5-2-3-7-16-15(11)22/h11-12H,2-9H2,1H3,(H,16,22)(H,18,21)/t11-,12+/m1/s1. The summed E-state index contributed by atoms with van der Waals surface area (Å²) in [5, 5.41) is 9.66. The summed E-state index contributed by atoms with van der Waals surface area (Å²) in [6, 6.07) is -0.403. The highest BCUT2D eigenvalue weighted by Gasteiger charge is 2.32. The van der Waals surface area contributed by atoms with E-state index in [1.165, 1.54) is 0 Å². The molecule has 1 aromatic heterocycles. The van der Waals surface area contributed by atoms with E-state index >= 15 is 0 Å². The highest BCUT2D eigenvalue weighted by molar-refractivity contribution is 5.88. The summed E-state index contributed by atoms with van der Waals surface area (Å²) in [6.45, 7) is 3.52. The summed E-state index contributed by atoms with van der Waals surface area (Å²) in [4.78, 5) is 30.5. The van der Waals surface area contributed by atoms with Crippen LogP contribution in [0.5, 0.6) is 0 Å². The van der Waals surface area contributed by atoms with Crippen molar-refractivity contribution in [2.45, 2.75) is 51.1 Å². The number of aryl methyl sites for hydroxylation is 1. The van der Waals surface area contributed by atoms with Gasteiger partial charge in [0.2, 0.25) is 17.7 Å². The minimum atomic E-state index is -0.418. The highest BCUT2D eigenvalue weighted by Crippen LogP contribution is 2.29. The second-order valence-corrected chi connectivity index (χ2v) is 6.21. The molecule has 8 nitrogen and oxygen atoms in total. The number of aromatic nitrogens is 2. The van der Waals surface area contributed by atoms with Gasteiger partial charge in [0, 0.05) is 13.5 Å². The van der Waals surface area contributed by atoms with E-state index in [-0.39, 0.29) is 24.4 Å². The predicted octanol–water partition coefficient (Wildman–Crippen LogP) is 0.300. The molecule has 0 aliphatic carbocycles. The zero-order chi connectivity index (χ0) is 16.2. The van der Waals surface area contributed by atoms with Crippen molar-refractivity contribution in [3.8, 4) is 0 Å². The van der Waals surface area contributed by atoms with Gasteiger partial charge in [0.05, 0.1) is 12.6 Å². The molecular weight excluding hydrogens is 298 g/mol. The molecule has 0 radical (unpaired) electrons. The van der Waals surface area contributed by atoms with Gasteiger partial charge in [0.1, 0.15) is 6.04 Å². The van der Waals surface area contributed by atoms with Crippen LogP contribution in [0.3, 0.4) is 0 Å². The lowest BCUT2D eigenvalue weighted by Gasteiger charge is -2.22. The molecule has 126 valence electrons. The van der Waals surface area contributed by atoms with Crippen LogP contribution in [0.2, 0.25) is 0 Å². The molecule has 8 heteroatoms. The lowest BCUT2D eigenvalue weighted by atomic mass is 10.1. The molecule has 0 aromatic carbocycles. The summed E-state index contributed by atoms with van der Waals surface area (Å²) >= 11 is 0. The lowest BCUT2D eigenvalue weighted by Crippen LogP contribution is -2.48. The Bertz CT molecular complexity index is 573. The summed E-state index contributed by atoms with van der Waals surface area (Å²) in [5.74, 6) is 0.966. The van der Waals surface area contributed by atoms with E-state index in [1.54, 1.807) is 6.92 Å². The Morgan fingerprint density at radius 2 is 2.26 bits per heavy atom. The minimum Gasteiger partial charge on any atom is -0.354 e. The average Bonchev–Trinajstić information content (AvgIpc) is 3.09. The second-order valence-electron chi connectivity index (χ2n) is 6.21. The van der Waals surface area contributed by atoms with Gasteiger partial charge in [-0.15, -0.1) is 0 Å². The zero-order valence-electron chi connectivity index (χ0n) is 13.4. The number of hydrogen-bond acceptors (Lipinski definition) is 6. The fourth-order valence-corrected chi connectivity index (χ4v) is 3.26. The number of rotatable bonds is 4. The average molecular weight is 321 g/mol. The van der Waals surface area contributed by atoms with Crippen LogP contribution in [0.25, 0.3) is 0 Å². The Kier molecular flexibility index (Phi) is 4.90. The third-order valence-electron chi connectivity index (χ3n) is 4.42. The van der Waals surface area contributed by atoms with Gasteiger partial charge < -0.3 is 15.2 Å². The maximum atomic E-state index is 12.3. The molecule has 0 saturated carbocycles. The molecule has 2 atom stereocenters. The van der Waals surface area contributed by atoms with Crippen LogP contribution >= 0.6 is 0 Å². The number of nitrogens with one attached hydrogen (secondary N) is 2. The minimum absolute atomic E-state index is 0.0150. The van der Waals surface area contributed by atoms with E-state index in [1.807, 2.05) is 4.90 Å².